The average molecular weight is 197 g/mol. The Morgan fingerprint density at radius 2 is 1.86 bits per heavy atom. The summed E-state index contributed by atoms with van der Waals surface area (Å²) in [5.74, 6) is 0.483. The van der Waals surface area contributed by atoms with Gasteiger partial charge in [-0.15, -0.1) is 0 Å². The molecule has 0 aromatic carbocycles. The highest BCUT2D eigenvalue weighted by atomic mass is 16.2. The second-order valence-corrected chi connectivity index (χ2v) is 4.57. The smallest absolute Gasteiger partial charge is 0.225 e. The van der Waals surface area contributed by atoms with Crippen LogP contribution in [0.3, 0.4) is 0 Å². The lowest BCUT2D eigenvalue weighted by Crippen LogP contribution is -2.43. The summed E-state index contributed by atoms with van der Waals surface area (Å²) in [4.78, 5) is 14.0. The molecule has 1 amide bonds. The minimum Gasteiger partial charge on any atom is -0.340 e. The highest BCUT2D eigenvalue weighted by molar-refractivity contribution is 5.78. The molecule has 1 saturated carbocycles. The van der Waals surface area contributed by atoms with Crippen LogP contribution in [0.25, 0.3) is 0 Å². The molecule has 0 spiro atoms. The van der Waals surface area contributed by atoms with Crippen LogP contribution < -0.4 is 0 Å². The molecule has 0 aromatic heterocycles. The molecule has 0 unspecified atom stereocenters. The number of hydrogen-bond acceptors (Lipinski definition) is 1. The molecule has 0 atom stereocenters. The molecule has 0 aromatic rings. The normalized spacial score (nSPS) is 18.6. The van der Waals surface area contributed by atoms with Crippen LogP contribution in [0, 0.1) is 5.92 Å². The second kappa shape index (κ2) is 5.38. The van der Waals surface area contributed by atoms with E-state index < -0.39 is 0 Å². The van der Waals surface area contributed by atoms with Gasteiger partial charge in [-0.3, -0.25) is 4.79 Å². The standard InChI is InChI=1S/C12H23NO/c1-4-13(12(14)10(2)3)11-8-6-5-7-9-11/h10-11H,4-9H2,1-3H3. The van der Waals surface area contributed by atoms with Crippen LogP contribution in [0.4, 0.5) is 0 Å². The van der Waals surface area contributed by atoms with Gasteiger partial charge in [0.05, 0.1) is 0 Å². The summed E-state index contributed by atoms with van der Waals surface area (Å²) in [6.07, 6.45) is 6.38. The van der Waals surface area contributed by atoms with Gasteiger partial charge in [-0.25, -0.2) is 0 Å². The van der Waals surface area contributed by atoms with Gasteiger partial charge in [-0.05, 0) is 19.8 Å². The summed E-state index contributed by atoms with van der Waals surface area (Å²) >= 11 is 0. The van der Waals surface area contributed by atoms with Gasteiger partial charge in [0.2, 0.25) is 5.91 Å². The molecule has 2 nitrogen and oxygen atoms in total. The van der Waals surface area contributed by atoms with Crippen LogP contribution >= 0.6 is 0 Å². The third-order valence-electron chi connectivity index (χ3n) is 3.13. The summed E-state index contributed by atoms with van der Waals surface area (Å²) in [5.41, 5.74) is 0. The van der Waals surface area contributed by atoms with E-state index in [1.807, 2.05) is 13.8 Å². The molecule has 1 fully saturated rings. The maximum Gasteiger partial charge on any atom is 0.225 e. The van der Waals surface area contributed by atoms with Crippen molar-refractivity contribution in [1.29, 1.82) is 0 Å². The lowest BCUT2D eigenvalue weighted by Gasteiger charge is -2.34. The Hall–Kier alpha value is -0.530. The Morgan fingerprint density at radius 3 is 2.29 bits per heavy atom. The fourth-order valence-corrected chi connectivity index (χ4v) is 2.32. The molecule has 14 heavy (non-hydrogen) atoms. The van der Waals surface area contributed by atoms with Crippen LogP contribution in [0.15, 0.2) is 0 Å². The first-order valence-corrected chi connectivity index (χ1v) is 5.97. The van der Waals surface area contributed by atoms with Crippen LogP contribution in [-0.2, 0) is 4.79 Å². The Bertz CT molecular complexity index is 183. The van der Waals surface area contributed by atoms with Gasteiger partial charge in [0.25, 0.3) is 0 Å². The average Bonchev–Trinajstić information content (AvgIpc) is 2.20. The lowest BCUT2D eigenvalue weighted by atomic mass is 9.93. The number of rotatable bonds is 3. The largest absolute Gasteiger partial charge is 0.340 e. The Balaban J connectivity index is 2.55. The highest BCUT2D eigenvalue weighted by Gasteiger charge is 2.25. The van der Waals surface area contributed by atoms with E-state index in [1.54, 1.807) is 0 Å². The van der Waals surface area contributed by atoms with Crippen molar-refractivity contribution in [2.75, 3.05) is 6.54 Å². The number of carbonyl (C=O) groups is 1. The molecule has 0 radical (unpaired) electrons. The number of amides is 1. The molecule has 1 aliphatic rings. The molecule has 0 N–H and O–H groups in total. The SMILES string of the molecule is CCN(C(=O)C(C)C)C1CCCCC1. The van der Waals surface area contributed by atoms with Crippen LogP contribution in [0.5, 0.6) is 0 Å². The van der Waals surface area contributed by atoms with Gasteiger partial charge >= 0.3 is 0 Å². The molecular formula is C12H23NO. The molecule has 1 aliphatic carbocycles. The van der Waals surface area contributed by atoms with E-state index in [4.69, 9.17) is 0 Å². The van der Waals surface area contributed by atoms with Crippen LogP contribution in [0.1, 0.15) is 52.9 Å². The van der Waals surface area contributed by atoms with Gasteiger partial charge in [0.1, 0.15) is 0 Å². The molecule has 2 heteroatoms. The Labute approximate surface area is 87.7 Å². The van der Waals surface area contributed by atoms with Crippen molar-refractivity contribution in [2.45, 2.75) is 58.9 Å². The van der Waals surface area contributed by atoms with E-state index >= 15 is 0 Å². The summed E-state index contributed by atoms with van der Waals surface area (Å²) in [6.45, 7) is 6.96. The number of carbonyl (C=O) groups excluding carboxylic acids is 1. The number of nitrogens with zero attached hydrogens (tertiary/aromatic N) is 1. The number of hydrogen-bond donors (Lipinski definition) is 0. The summed E-state index contributed by atoms with van der Waals surface area (Å²) in [6, 6.07) is 0.531. The van der Waals surface area contributed by atoms with Gasteiger partial charge < -0.3 is 4.90 Å². The van der Waals surface area contributed by atoms with Crippen molar-refractivity contribution in [2.24, 2.45) is 5.92 Å². The highest BCUT2D eigenvalue weighted by Crippen LogP contribution is 2.23. The molecule has 0 saturated heterocycles. The van der Waals surface area contributed by atoms with E-state index in [0.29, 0.717) is 11.9 Å². The zero-order valence-corrected chi connectivity index (χ0v) is 9.75. The lowest BCUT2D eigenvalue weighted by molar-refractivity contribution is -0.137. The molecule has 0 bridgehead atoms. The fourth-order valence-electron chi connectivity index (χ4n) is 2.32. The van der Waals surface area contributed by atoms with E-state index in [0.717, 1.165) is 6.54 Å². The minimum absolute atomic E-state index is 0.150. The molecule has 1 rings (SSSR count). The summed E-state index contributed by atoms with van der Waals surface area (Å²) in [7, 11) is 0. The van der Waals surface area contributed by atoms with E-state index in [1.165, 1.54) is 32.1 Å². The van der Waals surface area contributed by atoms with Gasteiger partial charge in [0, 0.05) is 18.5 Å². The maximum atomic E-state index is 11.9. The molecule has 82 valence electrons. The quantitative estimate of drug-likeness (QED) is 0.681. The van der Waals surface area contributed by atoms with Crippen molar-refractivity contribution in [3.63, 3.8) is 0 Å². The fraction of sp³-hybridized carbons (Fsp3) is 0.917. The monoisotopic (exact) mass is 197 g/mol. The first-order chi connectivity index (χ1) is 6.66. The summed E-state index contributed by atoms with van der Waals surface area (Å²) in [5, 5.41) is 0. The van der Waals surface area contributed by atoms with Gasteiger partial charge in [-0.1, -0.05) is 33.1 Å². The third kappa shape index (κ3) is 2.73. The van der Waals surface area contributed by atoms with Gasteiger partial charge in [0.15, 0.2) is 0 Å². The zero-order valence-electron chi connectivity index (χ0n) is 9.75. The predicted octanol–water partition coefficient (Wildman–Crippen LogP) is 2.82. The Morgan fingerprint density at radius 1 is 1.29 bits per heavy atom. The first kappa shape index (κ1) is 11.5. The van der Waals surface area contributed by atoms with Gasteiger partial charge in [-0.2, -0.15) is 0 Å². The van der Waals surface area contributed by atoms with E-state index in [2.05, 4.69) is 11.8 Å². The summed E-state index contributed by atoms with van der Waals surface area (Å²) < 4.78 is 0. The molecule has 0 heterocycles. The minimum atomic E-state index is 0.150. The van der Waals surface area contributed by atoms with E-state index in [-0.39, 0.29) is 5.92 Å². The third-order valence-corrected chi connectivity index (χ3v) is 3.13. The molecular weight excluding hydrogens is 174 g/mol. The van der Waals surface area contributed by atoms with Crippen molar-refractivity contribution >= 4 is 5.91 Å². The van der Waals surface area contributed by atoms with Crippen molar-refractivity contribution in [3.05, 3.63) is 0 Å². The zero-order chi connectivity index (χ0) is 10.6. The maximum absolute atomic E-state index is 11.9. The molecule has 0 aliphatic heterocycles. The van der Waals surface area contributed by atoms with Crippen molar-refractivity contribution < 1.29 is 4.79 Å². The van der Waals surface area contributed by atoms with E-state index in [9.17, 15) is 4.79 Å². The Kier molecular flexibility index (Phi) is 4.43. The van der Waals surface area contributed by atoms with Crippen LogP contribution in [-0.4, -0.2) is 23.4 Å². The van der Waals surface area contributed by atoms with Crippen LogP contribution in [0.2, 0.25) is 0 Å². The van der Waals surface area contributed by atoms with Crippen molar-refractivity contribution in [1.82, 2.24) is 4.90 Å². The topological polar surface area (TPSA) is 20.3 Å². The van der Waals surface area contributed by atoms with Crippen molar-refractivity contribution in [3.8, 4) is 0 Å². The second-order valence-electron chi connectivity index (χ2n) is 4.57. The first-order valence-electron chi connectivity index (χ1n) is 5.97. The predicted molar refractivity (Wildman–Crippen MR) is 59.1 cm³/mol.